The van der Waals surface area contributed by atoms with Crippen LogP contribution in [-0.4, -0.2) is 30.2 Å². The second-order valence-corrected chi connectivity index (χ2v) is 5.89. The molecule has 0 fully saturated rings. The zero-order valence-electron chi connectivity index (χ0n) is 14.9. The van der Waals surface area contributed by atoms with E-state index in [9.17, 15) is 9.59 Å². The molecule has 0 radical (unpaired) electrons. The molecule has 2 N–H and O–H groups in total. The molecule has 26 heavy (non-hydrogen) atoms. The van der Waals surface area contributed by atoms with Gasteiger partial charge in [-0.15, -0.1) is 0 Å². The Hall–Kier alpha value is -3.02. The Labute approximate surface area is 152 Å². The third-order valence-electron chi connectivity index (χ3n) is 3.92. The second kappa shape index (κ2) is 9.46. The van der Waals surface area contributed by atoms with Gasteiger partial charge in [-0.05, 0) is 48.2 Å². The molecule has 0 aromatic heterocycles. The van der Waals surface area contributed by atoms with Crippen LogP contribution in [-0.2, 0) is 9.59 Å². The van der Waals surface area contributed by atoms with Crippen LogP contribution in [0.25, 0.3) is 0 Å². The summed E-state index contributed by atoms with van der Waals surface area (Å²) in [6.07, 6.45) is 0.989. The maximum Gasteiger partial charge on any atom is 0.341 e. The largest absolute Gasteiger partial charge is 0.483 e. The number of aliphatic carboxylic acids is 1. The lowest BCUT2D eigenvalue weighted by molar-refractivity contribution is -0.139. The van der Waals surface area contributed by atoms with Crippen LogP contribution in [0.1, 0.15) is 31.7 Å². The summed E-state index contributed by atoms with van der Waals surface area (Å²) in [5.74, 6) is 0.173. The van der Waals surface area contributed by atoms with E-state index in [1.807, 2.05) is 24.3 Å². The van der Waals surface area contributed by atoms with Gasteiger partial charge < -0.3 is 19.9 Å². The Bertz CT molecular complexity index is 742. The van der Waals surface area contributed by atoms with Crippen LogP contribution in [0, 0.1) is 0 Å². The molecule has 2 rings (SSSR count). The molecule has 0 unspecified atom stereocenters. The first-order chi connectivity index (χ1) is 12.5. The molecule has 0 spiro atoms. The standard InChI is InChI=1S/C20H23NO5/c1-3-14(2)17-6-4-5-7-18(17)26-12-19(22)21-15-8-10-16(11-9-15)25-13-20(23)24/h4-11,14H,3,12-13H2,1-2H3,(H,21,22)(H,23,24)/t14-/m1/s1. The van der Waals surface area contributed by atoms with Crippen LogP contribution in [0.2, 0.25) is 0 Å². The molecule has 138 valence electrons. The van der Waals surface area contributed by atoms with E-state index in [4.69, 9.17) is 14.6 Å². The lowest BCUT2D eigenvalue weighted by atomic mass is 9.98. The first-order valence-electron chi connectivity index (χ1n) is 8.45. The zero-order chi connectivity index (χ0) is 18.9. The van der Waals surface area contributed by atoms with E-state index < -0.39 is 12.6 Å². The number of ether oxygens (including phenoxy) is 2. The zero-order valence-corrected chi connectivity index (χ0v) is 14.9. The van der Waals surface area contributed by atoms with Gasteiger partial charge >= 0.3 is 5.97 Å². The number of carbonyl (C=O) groups is 2. The Balaban J connectivity index is 1.88. The number of anilines is 1. The van der Waals surface area contributed by atoms with Gasteiger partial charge in [0.05, 0.1) is 0 Å². The van der Waals surface area contributed by atoms with Gasteiger partial charge in [0.1, 0.15) is 11.5 Å². The molecule has 1 amide bonds. The number of hydrogen-bond donors (Lipinski definition) is 2. The number of rotatable bonds is 9. The van der Waals surface area contributed by atoms with Crippen molar-refractivity contribution in [2.24, 2.45) is 0 Å². The average molecular weight is 357 g/mol. The topological polar surface area (TPSA) is 84.9 Å². The molecule has 2 aromatic rings. The van der Waals surface area contributed by atoms with Crippen LogP contribution in [0.4, 0.5) is 5.69 Å². The number of para-hydroxylation sites is 1. The highest BCUT2D eigenvalue weighted by atomic mass is 16.5. The fourth-order valence-corrected chi connectivity index (χ4v) is 2.36. The van der Waals surface area contributed by atoms with Gasteiger partial charge in [0.25, 0.3) is 5.91 Å². The van der Waals surface area contributed by atoms with Gasteiger partial charge in [-0.1, -0.05) is 32.0 Å². The van der Waals surface area contributed by atoms with E-state index in [0.29, 0.717) is 17.4 Å². The molecule has 6 heteroatoms. The van der Waals surface area contributed by atoms with E-state index in [2.05, 4.69) is 19.2 Å². The molecular weight excluding hydrogens is 334 g/mol. The molecule has 6 nitrogen and oxygen atoms in total. The van der Waals surface area contributed by atoms with Gasteiger partial charge in [0.2, 0.25) is 0 Å². The minimum Gasteiger partial charge on any atom is -0.483 e. The Kier molecular flexibility index (Phi) is 7.02. The highest BCUT2D eigenvalue weighted by molar-refractivity contribution is 5.91. The number of carboxylic acid groups (broad SMARTS) is 1. The van der Waals surface area contributed by atoms with Crippen LogP contribution in [0.3, 0.4) is 0 Å². The minimum absolute atomic E-state index is 0.0925. The lowest BCUT2D eigenvalue weighted by Gasteiger charge is -2.15. The van der Waals surface area contributed by atoms with Gasteiger partial charge in [0, 0.05) is 5.69 Å². The molecule has 0 aliphatic heterocycles. The summed E-state index contributed by atoms with van der Waals surface area (Å²) in [5.41, 5.74) is 1.67. The Morgan fingerprint density at radius 2 is 1.73 bits per heavy atom. The van der Waals surface area contributed by atoms with Gasteiger partial charge in [-0.25, -0.2) is 4.79 Å². The highest BCUT2D eigenvalue weighted by Gasteiger charge is 2.11. The van der Waals surface area contributed by atoms with Crippen molar-refractivity contribution in [2.75, 3.05) is 18.5 Å². The summed E-state index contributed by atoms with van der Waals surface area (Å²) in [4.78, 5) is 22.6. The number of carbonyl (C=O) groups excluding carboxylic acids is 1. The van der Waals surface area contributed by atoms with Gasteiger partial charge in [0.15, 0.2) is 13.2 Å². The quantitative estimate of drug-likeness (QED) is 0.715. The smallest absolute Gasteiger partial charge is 0.341 e. The molecule has 0 heterocycles. The molecule has 0 aliphatic rings. The predicted molar refractivity (Wildman–Crippen MR) is 98.8 cm³/mol. The van der Waals surface area contributed by atoms with Crippen molar-refractivity contribution in [3.05, 3.63) is 54.1 Å². The summed E-state index contributed by atoms with van der Waals surface area (Å²) in [6.45, 7) is 3.73. The third-order valence-corrected chi connectivity index (χ3v) is 3.92. The third kappa shape index (κ3) is 5.81. The van der Waals surface area contributed by atoms with Crippen molar-refractivity contribution >= 4 is 17.6 Å². The fourth-order valence-electron chi connectivity index (χ4n) is 2.36. The monoisotopic (exact) mass is 357 g/mol. The first-order valence-corrected chi connectivity index (χ1v) is 8.45. The predicted octanol–water partition coefficient (Wildman–Crippen LogP) is 3.68. The molecule has 0 saturated heterocycles. The van der Waals surface area contributed by atoms with Crippen LogP contribution >= 0.6 is 0 Å². The Morgan fingerprint density at radius 1 is 1.04 bits per heavy atom. The van der Waals surface area contributed by atoms with Crippen molar-refractivity contribution in [3.63, 3.8) is 0 Å². The maximum absolute atomic E-state index is 12.1. The molecule has 0 aliphatic carbocycles. The minimum atomic E-state index is -1.04. The number of amides is 1. The SMILES string of the molecule is CC[C@@H](C)c1ccccc1OCC(=O)Nc1ccc(OCC(=O)O)cc1. The van der Waals surface area contributed by atoms with Crippen molar-refractivity contribution in [3.8, 4) is 11.5 Å². The van der Waals surface area contributed by atoms with Crippen molar-refractivity contribution in [1.82, 2.24) is 0 Å². The van der Waals surface area contributed by atoms with Crippen LogP contribution < -0.4 is 14.8 Å². The number of carboxylic acids is 1. The molecule has 1 atom stereocenters. The van der Waals surface area contributed by atoms with Crippen LogP contribution in [0.15, 0.2) is 48.5 Å². The van der Waals surface area contributed by atoms with E-state index in [-0.39, 0.29) is 12.5 Å². The summed E-state index contributed by atoms with van der Waals surface area (Å²) < 4.78 is 10.7. The summed E-state index contributed by atoms with van der Waals surface area (Å²) in [7, 11) is 0. The highest BCUT2D eigenvalue weighted by Crippen LogP contribution is 2.28. The fraction of sp³-hybridized carbons (Fsp3) is 0.300. The normalized spacial score (nSPS) is 11.5. The summed E-state index contributed by atoms with van der Waals surface area (Å²) in [5, 5.41) is 11.3. The average Bonchev–Trinajstić information content (AvgIpc) is 2.65. The molecule has 2 aromatic carbocycles. The maximum atomic E-state index is 12.1. The lowest BCUT2D eigenvalue weighted by Crippen LogP contribution is -2.20. The number of hydrogen-bond acceptors (Lipinski definition) is 4. The molecule has 0 bridgehead atoms. The number of nitrogens with one attached hydrogen (secondary N) is 1. The number of benzene rings is 2. The van der Waals surface area contributed by atoms with E-state index >= 15 is 0 Å². The summed E-state index contributed by atoms with van der Waals surface area (Å²) in [6, 6.07) is 14.2. The molecular formula is C20H23NO5. The van der Waals surface area contributed by atoms with Crippen molar-refractivity contribution < 1.29 is 24.2 Å². The molecule has 0 saturated carbocycles. The van der Waals surface area contributed by atoms with Crippen LogP contribution in [0.5, 0.6) is 11.5 Å². The summed E-state index contributed by atoms with van der Waals surface area (Å²) >= 11 is 0. The van der Waals surface area contributed by atoms with E-state index in [0.717, 1.165) is 17.7 Å². The Morgan fingerprint density at radius 3 is 2.38 bits per heavy atom. The van der Waals surface area contributed by atoms with E-state index in [1.165, 1.54) is 0 Å². The van der Waals surface area contributed by atoms with Gasteiger partial charge in [-0.3, -0.25) is 4.79 Å². The van der Waals surface area contributed by atoms with E-state index in [1.54, 1.807) is 24.3 Å². The van der Waals surface area contributed by atoms with Gasteiger partial charge in [-0.2, -0.15) is 0 Å². The second-order valence-electron chi connectivity index (χ2n) is 5.89. The van der Waals surface area contributed by atoms with Crippen molar-refractivity contribution in [1.29, 1.82) is 0 Å². The van der Waals surface area contributed by atoms with Crippen molar-refractivity contribution in [2.45, 2.75) is 26.2 Å². The first kappa shape index (κ1) is 19.3.